The number of anilines is 1. The Bertz CT molecular complexity index is 1040. The fraction of sp³-hybridized carbons (Fsp3) is 0.250. The Kier molecular flexibility index (Phi) is 7.14. The molecule has 0 radical (unpaired) electrons. The van der Waals surface area contributed by atoms with E-state index in [2.05, 4.69) is 11.9 Å². The van der Waals surface area contributed by atoms with E-state index in [1.807, 2.05) is 0 Å². The summed E-state index contributed by atoms with van der Waals surface area (Å²) in [6.07, 6.45) is -3.29. The normalized spacial score (nSPS) is 11.6. The van der Waals surface area contributed by atoms with Gasteiger partial charge in [-0.25, -0.2) is 8.42 Å². The van der Waals surface area contributed by atoms with E-state index in [4.69, 9.17) is 4.74 Å². The van der Waals surface area contributed by atoms with Crippen LogP contribution in [0.1, 0.15) is 11.1 Å². The fourth-order valence-corrected chi connectivity index (χ4v) is 4.29. The highest BCUT2D eigenvalue weighted by molar-refractivity contribution is 7.93. The van der Waals surface area contributed by atoms with E-state index in [9.17, 15) is 26.4 Å². The molecule has 0 unspecified atom stereocenters. The van der Waals surface area contributed by atoms with Crippen LogP contribution in [0.15, 0.2) is 60.0 Å². The number of benzene rings is 2. The predicted octanol–water partition coefficient (Wildman–Crippen LogP) is 3.52. The molecular formula is C20H21F3N2O4S. The summed E-state index contributed by atoms with van der Waals surface area (Å²) in [7, 11) is -3.17. The fourth-order valence-electron chi connectivity index (χ4n) is 2.63. The first-order valence-electron chi connectivity index (χ1n) is 8.73. The van der Waals surface area contributed by atoms with Gasteiger partial charge in [0.1, 0.15) is 17.2 Å². The van der Waals surface area contributed by atoms with Gasteiger partial charge in [0.15, 0.2) is 0 Å². The predicted molar refractivity (Wildman–Crippen MR) is 107 cm³/mol. The lowest BCUT2D eigenvalue weighted by Gasteiger charge is -2.25. The molecule has 1 N–H and O–H groups in total. The second-order valence-electron chi connectivity index (χ2n) is 6.31. The zero-order chi connectivity index (χ0) is 22.5. The number of alkyl halides is 3. The maximum atomic E-state index is 13.4. The van der Waals surface area contributed by atoms with Crippen molar-refractivity contribution in [1.82, 2.24) is 5.32 Å². The van der Waals surface area contributed by atoms with Gasteiger partial charge in [-0.15, -0.1) is 6.58 Å². The van der Waals surface area contributed by atoms with Crippen LogP contribution in [-0.2, 0) is 21.0 Å². The smallest absolute Gasteiger partial charge is 0.416 e. The molecule has 0 aliphatic rings. The molecule has 1 amide bonds. The van der Waals surface area contributed by atoms with Gasteiger partial charge in [-0.2, -0.15) is 13.2 Å². The molecule has 30 heavy (non-hydrogen) atoms. The van der Waals surface area contributed by atoms with Gasteiger partial charge >= 0.3 is 6.18 Å². The van der Waals surface area contributed by atoms with Crippen LogP contribution in [-0.4, -0.2) is 34.5 Å². The Hall–Kier alpha value is -3.01. The molecule has 10 heteroatoms. The van der Waals surface area contributed by atoms with Crippen LogP contribution in [0.4, 0.5) is 18.9 Å². The van der Waals surface area contributed by atoms with Crippen molar-refractivity contribution in [2.24, 2.45) is 0 Å². The van der Waals surface area contributed by atoms with Crippen LogP contribution in [0.3, 0.4) is 0 Å². The summed E-state index contributed by atoms with van der Waals surface area (Å²) >= 11 is 0. The van der Waals surface area contributed by atoms with Crippen molar-refractivity contribution >= 4 is 21.6 Å². The van der Waals surface area contributed by atoms with Gasteiger partial charge in [-0.3, -0.25) is 9.10 Å². The van der Waals surface area contributed by atoms with Crippen LogP contribution in [0.25, 0.3) is 0 Å². The summed E-state index contributed by atoms with van der Waals surface area (Å²) in [6, 6.07) is 8.16. The van der Waals surface area contributed by atoms with Crippen molar-refractivity contribution in [3.8, 4) is 5.75 Å². The molecule has 2 rings (SSSR count). The van der Waals surface area contributed by atoms with Gasteiger partial charge < -0.3 is 10.1 Å². The SMILES string of the molecule is C=CCNC(=O)CN(c1cccc(C(F)(F)F)c1)S(=O)(=O)c1cc(C)ccc1OC. The lowest BCUT2D eigenvalue weighted by atomic mass is 10.2. The third-order valence-electron chi connectivity index (χ3n) is 4.08. The van der Waals surface area contributed by atoms with Gasteiger partial charge in [-0.05, 0) is 42.8 Å². The monoisotopic (exact) mass is 442 g/mol. The second kappa shape index (κ2) is 9.21. The minimum absolute atomic E-state index is 0.00377. The van der Waals surface area contributed by atoms with Gasteiger partial charge in [0.25, 0.3) is 10.0 Å². The summed E-state index contributed by atoms with van der Waals surface area (Å²) in [5, 5.41) is 2.42. The van der Waals surface area contributed by atoms with E-state index < -0.39 is 34.2 Å². The topological polar surface area (TPSA) is 75.7 Å². The molecule has 0 atom stereocenters. The molecule has 6 nitrogen and oxygen atoms in total. The molecule has 0 saturated carbocycles. The Balaban J connectivity index is 2.63. The van der Waals surface area contributed by atoms with E-state index in [0.29, 0.717) is 15.9 Å². The minimum atomic E-state index is -4.68. The standard InChI is InChI=1S/C20H21F3N2O4S/c1-4-10-24-19(26)13-25(16-7-5-6-15(12-16)20(21,22)23)30(27,28)18-11-14(2)8-9-17(18)29-3/h4-9,11-12H,1,10,13H2,2-3H3,(H,24,26). The van der Waals surface area contributed by atoms with Gasteiger partial charge in [-0.1, -0.05) is 18.2 Å². The number of hydrogen-bond acceptors (Lipinski definition) is 4. The van der Waals surface area contributed by atoms with Crippen LogP contribution in [0, 0.1) is 6.92 Å². The summed E-state index contributed by atoms with van der Waals surface area (Å²) in [6.45, 7) is 4.45. The summed E-state index contributed by atoms with van der Waals surface area (Å²) in [5.74, 6) is -0.702. The summed E-state index contributed by atoms with van der Waals surface area (Å²) in [5.41, 5.74) is -0.750. The van der Waals surface area contributed by atoms with Crippen LogP contribution in [0.2, 0.25) is 0 Å². The average molecular weight is 442 g/mol. The number of hydrogen-bond donors (Lipinski definition) is 1. The number of carbonyl (C=O) groups excluding carboxylic acids is 1. The number of carbonyl (C=O) groups is 1. The first kappa shape index (κ1) is 23.3. The van der Waals surface area contributed by atoms with Gasteiger partial charge in [0.2, 0.25) is 5.91 Å². The summed E-state index contributed by atoms with van der Waals surface area (Å²) < 4.78 is 72.1. The Labute approximate surface area is 173 Å². The lowest BCUT2D eigenvalue weighted by Crippen LogP contribution is -2.41. The molecule has 0 spiro atoms. The number of sulfonamides is 1. The molecule has 0 aliphatic heterocycles. The molecule has 162 valence electrons. The van der Waals surface area contributed by atoms with Crippen LogP contribution < -0.4 is 14.4 Å². The van der Waals surface area contributed by atoms with Crippen molar-refractivity contribution < 1.29 is 31.1 Å². The zero-order valence-electron chi connectivity index (χ0n) is 16.4. The van der Waals surface area contributed by atoms with Gasteiger partial charge in [0, 0.05) is 6.54 Å². The number of halogens is 3. The maximum Gasteiger partial charge on any atom is 0.416 e. The highest BCUT2D eigenvalue weighted by Crippen LogP contribution is 2.35. The second-order valence-corrected chi connectivity index (χ2v) is 8.14. The quantitative estimate of drug-likeness (QED) is 0.635. The van der Waals surface area contributed by atoms with Crippen molar-refractivity contribution in [1.29, 1.82) is 0 Å². The average Bonchev–Trinajstić information content (AvgIpc) is 2.69. The van der Waals surface area contributed by atoms with Crippen LogP contribution >= 0.6 is 0 Å². The first-order valence-corrected chi connectivity index (χ1v) is 10.2. The maximum absolute atomic E-state index is 13.4. The lowest BCUT2D eigenvalue weighted by molar-refractivity contribution is -0.137. The molecule has 0 fully saturated rings. The van der Waals surface area contributed by atoms with Crippen molar-refractivity contribution in [3.05, 3.63) is 66.2 Å². The van der Waals surface area contributed by atoms with E-state index in [1.54, 1.807) is 13.0 Å². The Morgan fingerprint density at radius 3 is 2.53 bits per heavy atom. The van der Waals surface area contributed by atoms with Crippen LogP contribution in [0.5, 0.6) is 5.75 Å². The highest BCUT2D eigenvalue weighted by Gasteiger charge is 2.34. The molecule has 2 aromatic rings. The van der Waals surface area contributed by atoms with E-state index in [1.165, 1.54) is 31.4 Å². The number of ether oxygens (including phenoxy) is 1. The number of amides is 1. The third kappa shape index (κ3) is 5.32. The molecule has 0 aliphatic carbocycles. The number of methoxy groups -OCH3 is 1. The van der Waals surface area contributed by atoms with Crippen molar-refractivity contribution in [2.75, 3.05) is 24.5 Å². The molecular weight excluding hydrogens is 421 g/mol. The molecule has 0 bridgehead atoms. The molecule has 0 saturated heterocycles. The molecule has 0 aromatic heterocycles. The summed E-state index contributed by atoms with van der Waals surface area (Å²) in [4.78, 5) is 12.0. The Morgan fingerprint density at radius 1 is 1.23 bits per heavy atom. The zero-order valence-corrected chi connectivity index (χ0v) is 17.2. The number of nitrogens with zero attached hydrogens (tertiary/aromatic N) is 1. The Morgan fingerprint density at radius 2 is 1.93 bits per heavy atom. The van der Waals surface area contributed by atoms with Crippen molar-refractivity contribution in [3.63, 3.8) is 0 Å². The van der Waals surface area contributed by atoms with E-state index >= 15 is 0 Å². The minimum Gasteiger partial charge on any atom is -0.495 e. The van der Waals surface area contributed by atoms with E-state index in [0.717, 1.165) is 12.1 Å². The number of rotatable bonds is 8. The first-order chi connectivity index (χ1) is 14.0. The third-order valence-corrected chi connectivity index (χ3v) is 5.87. The van der Waals surface area contributed by atoms with Gasteiger partial charge in [0.05, 0.1) is 18.4 Å². The van der Waals surface area contributed by atoms with Crippen molar-refractivity contribution in [2.45, 2.75) is 18.0 Å². The molecule has 0 heterocycles. The number of nitrogens with one attached hydrogen (secondary N) is 1. The van der Waals surface area contributed by atoms with E-state index in [-0.39, 0.29) is 22.9 Å². The number of aryl methyl sites for hydroxylation is 1. The molecule has 2 aromatic carbocycles. The highest BCUT2D eigenvalue weighted by atomic mass is 32.2. The largest absolute Gasteiger partial charge is 0.495 e.